The summed E-state index contributed by atoms with van der Waals surface area (Å²) < 4.78 is 0. The maximum Gasteiger partial charge on any atom is 0.219 e. The summed E-state index contributed by atoms with van der Waals surface area (Å²) in [5, 5.41) is 2.80. The smallest absolute Gasteiger partial charge is 0.219 e. The Kier molecular flexibility index (Phi) is 5.34. The first kappa shape index (κ1) is 11.1. The van der Waals surface area contributed by atoms with Crippen molar-refractivity contribution in [3.05, 3.63) is 0 Å². The Morgan fingerprint density at radius 3 is 2.50 bits per heavy atom. The molecule has 0 heterocycles. The van der Waals surface area contributed by atoms with Gasteiger partial charge in [0.25, 0.3) is 0 Å². The molecule has 0 aliphatic carbocycles. The van der Waals surface area contributed by atoms with E-state index in [1.165, 1.54) is 0 Å². The van der Waals surface area contributed by atoms with E-state index in [9.17, 15) is 9.59 Å². The van der Waals surface area contributed by atoms with Crippen LogP contribution >= 0.6 is 0 Å². The third kappa shape index (κ3) is 4.11. The van der Waals surface area contributed by atoms with E-state index < -0.39 is 0 Å². The zero-order valence-electron chi connectivity index (χ0n) is 7.96. The number of hydrogen-bond acceptors (Lipinski definition) is 2. The molecule has 0 bridgehead atoms. The summed E-state index contributed by atoms with van der Waals surface area (Å²) in [5.41, 5.74) is 0. The minimum absolute atomic E-state index is 0. The predicted octanol–water partition coefficient (Wildman–Crippen LogP) is 1.37. The van der Waals surface area contributed by atoms with Crippen LogP contribution in [0.1, 0.15) is 35.0 Å². The Morgan fingerprint density at radius 2 is 2.17 bits per heavy atom. The first-order valence-corrected chi connectivity index (χ1v) is 4.34. The maximum absolute atomic E-state index is 11.0. The van der Waals surface area contributed by atoms with Gasteiger partial charge < -0.3 is 10.1 Å². The second-order valence-corrected chi connectivity index (χ2v) is 3.17. The standard InChI is InChI=1S/C9H17NO2.H2/c1-4-9(12)10-8(5-6-11)7(2)3;/h6-8H,4-5H2,1-3H3,(H,10,12);1H. The minimum atomic E-state index is -0.00468. The fourth-order valence-corrected chi connectivity index (χ4v) is 0.910. The number of hydrogen-bond donors (Lipinski definition) is 1. The van der Waals surface area contributed by atoms with Crippen LogP contribution in [0.5, 0.6) is 0 Å². The molecule has 0 saturated carbocycles. The maximum atomic E-state index is 11.0. The molecule has 0 radical (unpaired) electrons. The van der Waals surface area contributed by atoms with Crippen LogP contribution < -0.4 is 5.32 Å². The van der Waals surface area contributed by atoms with Crippen LogP contribution in [-0.4, -0.2) is 18.2 Å². The van der Waals surface area contributed by atoms with Gasteiger partial charge in [-0.3, -0.25) is 4.79 Å². The van der Waals surface area contributed by atoms with Gasteiger partial charge in [-0.1, -0.05) is 20.8 Å². The van der Waals surface area contributed by atoms with Crippen molar-refractivity contribution < 1.29 is 11.0 Å². The van der Waals surface area contributed by atoms with Crippen molar-refractivity contribution in [1.29, 1.82) is 0 Å². The summed E-state index contributed by atoms with van der Waals surface area (Å²) in [6, 6.07) is -0.00468. The van der Waals surface area contributed by atoms with E-state index in [4.69, 9.17) is 0 Å². The van der Waals surface area contributed by atoms with E-state index in [1.54, 1.807) is 6.92 Å². The molecule has 0 aliphatic rings. The average Bonchev–Trinajstić information content (AvgIpc) is 2.03. The van der Waals surface area contributed by atoms with E-state index in [2.05, 4.69) is 5.32 Å². The van der Waals surface area contributed by atoms with Gasteiger partial charge in [-0.05, 0) is 5.92 Å². The van der Waals surface area contributed by atoms with Crippen molar-refractivity contribution in [3.63, 3.8) is 0 Å². The lowest BCUT2D eigenvalue weighted by atomic mass is 10.0. The lowest BCUT2D eigenvalue weighted by Crippen LogP contribution is -2.38. The van der Waals surface area contributed by atoms with Crippen molar-refractivity contribution in [1.82, 2.24) is 5.32 Å². The van der Waals surface area contributed by atoms with Gasteiger partial charge in [0.15, 0.2) is 0 Å². The Bertz CT molecular complexity index is 160. The molecule has 12 heavy (non-hydrogen) atoms. The van der Waals surface area contributed by atoms with Crippen LogP contribution in [0.2, 0.25) is 0 Å². The molecule has 0 aromatic carbocycles. The molecular formula is C9H19NO2. The van der Waals surface area contributed by atoms with Crippen molar-refractivity contribution in [2.75, 3.05) is 0 Å². The molecule has 1 atom stereocenters. The van der Waals surface area contributed by atoms with Crippen LogP contribution in [0.3, 0.4) is 0 Å². The molecule has 1 unspecified atom stereocenters. The molecule has 72 valence electrons. The van der Waals surface area contributed by atoms with Gasteiger partial charge in [0.05, 0.1) is 0 Å². The number of carbonyl (C=O) groups is 2. The predicted molar refractivity (Wildman–Crippen MR) is 49.9 cm³/mol. The third-order valence-electron chi connectivity index (χ3n) is 1.82. The summed E-state index contributed by atoms with van der Waals surface area (Å²) >= 11 is 0. The molecule has 0 rings (SSSR count). The molecule has 0 aromatic heterocycles. The zero-order valence-corrected chi connectivity index (χ0v) is 7.96. The van der Waals surface area contributed by atoms with Gasteiger partial charge in [-0.25, -0.2) is 0 Å². The van der Waals surface area contributed by atoms with Gasteiger partial charge in [-0.15, -0.1) is 0 Å². The Labute approximate surface area is 75.0 Å². The molecule has 0 fully saturated rings. The average molecular weight is 173 g/mol. The topological polar surface area (TPSA) is 46.2 Å². The summed E-state index contributed by atoms with van der Waals surface area (Å²) in [7, 11) is 0. The molecule has 1 N–H and O–H groups in total. The fourth-order valence-electron chi connectivity index (χ4n) is 0.910. The Hall–Kier alpha value is -0.860. The normalized spacial score (nSPS) is 12.7. The van der Waals surface area contributed by atoms with Crippen molar-refractivity contribution in [2.24, 2.45) is 5.92 Å². The molecule has 0 saturated heterocycles. The monoisotopic (exact) mass is 173 g/mol. The van der Waals surface area contributed by atoms with Crippen LogP contribution in [0.15, 0.2) is 0 Å². The summed E-state index contributed by atoms with van der Waals surface area (Å²) in [6.07, 6.45) is 1.73. The van der Waals surface area contributed by atoms with E-state index in [1.807, 2.05) is 13.8 Å². The summed E-state index contributed by atoms with van der Waals surface area (Å²) in [4.78, 5) is 21.2. The lowest BCUT2D eigenvalue weighted by Gasteiger charge is -2.19. The second kappa shape index (κ2) is 5.75. The molecule has 3 nitrogen and oxygen atoms in total. The van der Waals surface area contributed by atoms with Crippen LogP contribution in [0.4, 0.5) is 0 Å². The molecular weight excluding hydrogens is 154 g/mol. The summed E-state index contributed by atoms with van der Waals surface area (Å²) in [5.74, 6) is 0.321. The van der Waals surface area contributed by atoms with E-state index in [0.29, 0.717) is 18.8 Å². The highest BCUT2D eigenvalue weighted by Crippen LogP contribution is 2.04. The molecule has 0 aliphatic heterocycles. The van der Waals surface area contributed by atoms with E-state index in [0.717, 1.165) is 6.29 Å². The molecule has 1 amide bonds. The number of carbonyl (C=O) groups excluding carboxylic acids is 2. The van der Waals surface area contributed by atoms with Crippen LogP contribution in [-0.2, 0) is 9.59 Å². The van der Waals surface area contributed by atoms with Crippen molar-refractivity contribution in [2.45, 2.75) is 39.7 Å². The summed E-state index contributed by atoms with van der Waals surface area (Å²) in [6.45, 7) is 5.78. The zero-order chi connectivity index (χ0) is 9.56. The van der Waals surface area contributed by atoms with Crippen LogP contribution in [0.25, 0.3) is 0 Å². The van der Waals surface area contributed by atoms with Gasteiger partial charge in [0, 0.05) is 20.3 Å². The number of amides is 1. The molecule has 0 spiro atoms. The Balaban J connectivity index is 0. The first-order valence-electron chi connectivity index (χ1n) is 4.34. The van der Waals surface area contributed by atoms with E-state index in [-0.39, 0.29) is 13.4 Å². The number of rotatable bonds is 5. The fraction of sp³-hybridized carbons (Fsp3) is 0.778. The largest absolute Gasteiger partial charge is 0.353 e. The quantitative estimate of drug-likeness (QED) is 0.638. The molecule has 0 aromatic rings. The van der Waals surface area contributed by atoms with Crippen molar-refractivity contribution >= 4 is 12.2 Å². The number of nitrogens with one attached hydrogen (secondary N) is 1. The minimum Gasteiger partial charge on any atom is -0.353 e. The van der Waals surface area contributed by atoms with Gasteiger partial charge in [0.1, 0.15) is 6.29 Å². The van der Waals surface area contributed by atoms with Gasteiger partial charge >= 0.3 is 0 Å². The first-order chi connectivity index (χ1) is 5.61. The van der Waals surface area contributed by atoms with E-state index >= 15 is 0 Å². The van der Waals surface area contributed by atoms with Crippen molar-refractivity contribution in [3.8, 4) is 0 Å². The Morgan fingerprint density at radius 1 is 1.58 bits per heavy atom. The SMILES string of the molecule is CCC(=O)NC(CC=O)C(C)C.[HH]. The highest BCUT2D eigenvalue weighted by Gasteiger charge is 2.13. The highest BCUT2D eigenvalue weighted by atomic mass is 16.1. The van der Waals surface area contributed by atoms with Gasteiger partial charge in [0.2, 0.25) is 5.91 Å². The lowest BCUT2D eigenvalue weighted by molar-refractivity contribution is -0.122. The third-order valence-corrected chi connectivity index (χ3v) is 1.82. The van der Waals surface area contributed by atoms with Gasteiger partial charge in [-0.2, -0.15) is 0 Å². The highest BCUT2D eigenvalue weighted by molar-refractivity contribution is 5.76. The molecule has 3 heteroatoms. The number of aldehydes is 1. The van der Waals surface area contributed by atoms with Crippen LogP contribution in [0, 0.1) is 5.92 Å². The second-order valence-electron chi connectivity index (χ2n) is 3.17.